The fourth-order valence-electron chi connectivity index (χ4n) is 4.61. The van der Waals surface area contributed by atoms with Crippen LogP contribution in [-0.4, -0.2) is 56.8 Å². The van der Waals surface area contributed by atoms with E-state index in [4.69, 9.17) is 9.73 Å². The molecule has 2 amide bonds. The van der Waals surface area contributed by atoms with Crippen LogP contribution < -0.4 is 16.0 Å². The maximum Gasteiger partial charge on any atom is 0.321 e. The second-order valence-corrected chi connectivity index (χ2v) is 8.82. The van der Waals surface area contributed by atoms with Gasteiger partial charge >= 0.3 is 6.03 Å². The zero-order valence-electron chi connectivity index (χ0n) is 19.2. The number of benzene rings is 1. The van der Waals surface area contributed by atoms with E-state index in [-0.39, 0.29) is 6.03 Å². The van der Waals surface area contributed by atoms with Gasteiger partial charge in [-0.1, -0.05) is 25.0 Å². The standard InChI is InChI=1S/C24H39N5O2/c1-3-25-22(27-19-24(13-16-31-2)11-4-5-12-24)26-18-20-9-8-10-21(17-20)28-23(30)29-14-6-7-15-29/h8-10,17H,3-7,11-16,18-19H2,1-2H3,(H,28,30)(H2,25,26,27). The van der Waals surface area contributed by atoms with Crippen LogP contribution in [0.25, 0.3) is 0 Å². The zero-order valence-corrected chi connectivity index (χ0v) is 19.2. The first-order valence-corrected chi connectivity index (χ1v) is 11.8. The lowest BCUT2D eigenvalue weighted by atomic mass is 9.83. The quantitative estimate of drug-likeness (QED) is 0.410. The van der Waals surface area contributed by atoms with Crippen molar-refractivity contribution >= 4 is 17.7 Å². The largest absolute Gasteiger partial charge is 0.385 e. The Bertz CT molecular complexity index is 724. The Morgan fingerprint density at radius 3 is 2.65 bits per heavy atom. The van der Waals surface area contributed by atoms with Crippen molar-refractivity contribution in [3.05, 3.63) is 29.8 Å². The molecule has 1 aliphatic carbocycles. The minimum absolute atomic E-state index is 0.00826. The molecule has 0 bridgehead atoms. The number of hydrogen-bond acceptors (Lipinski definition) is 3. The van der Waals surface area contributed by atoms with Crippen molar-refractivity contribution < 1.29 is 9.53 Å². The number of methoxy groups -OCH3 is 1. The number of carbonyl (C=O) groups excluding carboxylic acids is 1. The summed E-state index contributed by atoms with van der Waals surface area (Å²) in [6.45, 7) is 6.90. The molecule has 2 fully saturated rings. The summed E-state index contributed by atoms with van der Waals surface area (Å²) in [5.41, 5.74) is 2.21. The third-order valence-corrected chi connectivity index (χ3v) is 6.47. The maximum atomic E-state index is 12.4. The zero-order chi connectivity index (χ0) is 21.9. The van der Waals surface area contributed by atoms with E-state index in [1.54, 1.807) is 7.11 Å². The normalized spacial score (nSPS) is 18.3. The van der Waals surface area contributed by atoms with Crippen molar-refractivity contribution in [2.75, 3.05) is 45.2 Å². The molecule has 1 saturated heterocycles. The third-order valence-electron chi connectivity index (χ3n) is 6.47. The van der Waals surface area contributed by atoms with Crippen LogP contribution in [0.5, 0.6) is 0 Å². The predicted octanol–water partition coefficient (Wildman–Crippen LogP) is 3.97. The number of rotatable bonds is 9. The third kappa shape index (κ3) is 7.13. The number of anilines is 1. The van der Waals surface area contributed by atoms with Crippen LogP contribution in [0, 0.1) is 5.41 Å². The van der Waals surface area contributed by atoms with Gasteiger partial charge in [0, 0.05) is 45.6 Å². The molecule has 1 saturated carbocycles. The molecule has 0 atom stereocenters. The van der Waals surface area contributed by atoms with Gasteiger partial charge in [-0.2, -0.15) is 0 Å². The molecule has 0 radical (unpaired) electrons. The molecule has 3 N–H and O–H groups in total. The number of likely N-dealkylation sites (tertiary alicyclic amines) is 1. The first-order valence-electron chi connectivity index (χ1n) is 11.8. The molecule has 7 heteroatoms. The highest BCUT2D eigenvalue weighted by atomic mass is 16.5. The molecule has 172 valence electrons. The molecule has 3 rings (SSSR count). The van der Waals surface area contributed by atoms with E-state index < -0.39 is 0 Å². The summed E-state index contributed by atoms with van der Waals surface area (Å²) < 4.78 is 5.35. The molecule has 0 spiro atoms. The maximum absolute atomic E-state index is 12.4. The van der Waals surface area contributed by atoms with Crippen molar-refractivity contribution in [2.45, 2.75) is 58.4 Å². The van der Waals surface area contributed by atoms with Gasteiger partial charge in [-0.3, -0.25) is 0 Å². The first kappa shape index (κ1) is 23.4. The van der Waals surface area contributed by atoms with Crippen molar-refractivity contribution in [3.8, 4) is 0 Å². The number of amides is 2. The lowest BCUT2D eigenvalue weighted by Crippen LogP contribution is -2.43. The van der Waals surface area contributed by atoms with Crippen LogP contribution in [0.4, 0.5) is 10.5 Å². The lowest BCUT2D eigenvalue weighted by molar-refractivity contribution is 0.138. The first-order chi connectivity index (χ1) is 15.1. The average molecular weight is 430 g/mol. The molecule has 7 nitrogen and oxygen atoms in total. The summed E-state index contributed by atoms with van der Waals surface area (Å²) >= 11 is 0. The average Bonchev–Trinajstić information content (AvgIpc) is 3.48. The monoisotopic (exact) mass is 429 g/mol. The molecule has 1 aliphatic heterocycles. The summed E-state index contributed by atoms with van der Waals surface area (Å²) in [7, 11) is 1.78. The second-order valence-electron chi connectivity index (χ2n) is 8.82. The highest BCUT2D eigenvalue weighted by Gasteiger charge is 2.33. The molecule has 1 aromatic rings. The minimum atomic E-state index is -0.00826. The predicted molar refractivity (Wildman–Crippen MR) is 126 cm³/mol. The molecule has 1 heterocycles. The van der Waals surface area contributed by atoms with Crippen LogP contribution in [0.3, 0.4) is 0 Å². The van der Waals surface area contributed by atoms with E-state index in [9.17, 15) is 4.79 Å². The van der Waals surface area contributed by atoms with Gasteiger partial charge in [-0.25, -0.2) is 9.79 Å². The Hall–Kier alpha value is -2.28. The Morgan fingerprint density at radius 2 is 1.94 bits per heavy atom. The summed E-state index contributed by atoms with van der Waals surface area (Å²) in [5.74, 6) is 0.845. The van der Waals surface area contributed by atoms with Crippen LogP contribution in [0.2, 0.25) is 0 Å². The van der Waals surface area contributed by atoms with Crippen LogP contribution in [0.1, 0.15) is 57.4 Å². The van der Waals surface area contributed by atoms with Gasteiger partial charge in [0.15, 0.2) is 5.96 Å². The van der Waals surface area contributed by atoms with Gasteiger partial charge in [0.25, 0.3) is 0 Å². The number of ether oxygens (including phenoxy) is 1. The summed E-state index contributed by atoms with van der Waals surface area (Å²) in [6, 6.07) is 7.97. The lowest BCUT2D eigenvalue weighted by Gasteiger charge is -2.30. The van der Waals surface area contributed by atoms with E-state index in [0.29, 0.717) is 12.0 Å². The molecule has 1 aromatic carbocycles. The van der Waals surface area contributed by atoms with Crippen LogP contribution in [-0.2, 0) is 11.3 Å². The summed E-state index contributed by atoms with van der Waals surface area (Å²) in [4.78, 5) is 19.0. The van der Waals surface area contributed by atoms with Crippen LogP contribution in [0.15, 0.2) is 29.3 Å². The Labute approximate surface area is 187 Å². The number of nitrogens with one attached hydrogen (secondary N) is 3. The summed E-state index contributed by atoms with van der Waals surface area (Å²) in [5, 5.41) is 9.96. The van der Waals surface area contributed by atoms with E-state index >= 15 is 0 Å². The number of guanidine groups is 1. The fourth-order valence-corrected chi connectivity index (χ4v) is 4.61. The van der Waals surface area contributed by atoms with Gasteiger partial charge in [0.1, 0.15) is 0 Å². The number of aliphatic imine (C=N–C) groups is 1. The van der Waals surface area contributed by atoms with Gasteiger partial charge in [-0.05, 0) is 62.1 Å². The molecular formula is C24H39N5O2. The Morgan fingerprint density at radius 1 is 1.16 bits per heavy atom. The molecule has 2 aliphatic rings. The second kappa shape index (κ2) is 11.9. The minimum Gasteiger partial charge on any atom is -0.385 e. The van der Waals surface area contributed by atoms with E-state index in [1.807, 2.05) is 23.1 Å². The topological polar surface area (TPSA) is 78.0 Å². The molecular weight excluding hydrogens is 390 g/mol. The van der Waals surface area contributed by atoms with Gasteiger partial charge < -0.3 is 25.6 Å². The number of carbonyl (C=O) groups is 1. The number of hydrogen-bond donors (Lipinski definition) is 3. The molecule has 0 unspecified atom stereocenters. The van der Waals surface area contributed by atoms with Crippen molar-refractivity contribution in [3.63, 3.8) is 0 Å². The van der Waals surface area contributed by atoms with Gasteiger partial charge in [-0.15, -0.1) is 0 Å². The Balaban J connectivity index is 1.57. The highest BCUT2D eigenvalue weighted by Crippen LogP contribution is 2.40. The van der Waals surface area contributed by atoms with E-state index in [0.717, 1.165) is 69.3 Å². The van der Waals surface area contributed by atoms with Gasteiger partial charge in [0.05, 0.1) is 6.54 Å². The SMILES string of the molecule is CCNC(=NCc1cccc(NC(=O)N2CCCC2)c1)NCC1(CCOC)CCCC1. The van der Waals surface area contributed by atoms with Crippen molar-refractivity contribution in [2.24, 2.45) is 10.4 Å². The number of urea groups is 1. The van der Waals surface area contributed by atoms with Crippen molar-refractivity contribution in [1.82, 2.24) is 15.5 Å². The van der Waals surface area contributed by atoms with Gasteiger partial charge in [0.2, 0.25) is 0 Å². The highest BCUT2D eigenvalue weighted by molar-refractivity contribution is 5.89. The van der Waals surface area contributed by atoms with E-state index in [1.165, 1.54) is 25.7 Å². The van der Waals surface area contributed by atoms with E-state index in [2.05, 4.69) is 28.9 Å². The van der Waals surface area contributed by atoms with Crippen molar-refractivity contribution in [1.29, 1.82) is 0 Å². The number of nitrogens with zero attached hydrogens (tertiary/aromatic N) is 2. The molecule has 0 aromatic heterocycles. The molecule has 31 heavy (non-hydrogen) atoms. The Kier molecular flexibility index (Phi) is 9.00. The fraction of sp³-hybridized carbons (Fsp3) is 0.667. The van der Waals surface area contributed by atoms with Crippen LogP contribution >= 0.6 is 0 Å². The summed E-state index contributed by atoms with van der Waals surface area (Å²) in [6.07, 6.45) is 8.38. The smallest absolute Gasteiger partial charge is 0.321 e.